The summed E-state index contributed by atoms with van der Waals surface area (Å²) in [4.78, 5) is 12.5. The van der Waals surface area contributed by atoms with E-state index in [0.717, 1.165) is 17.0 Å². The molecule has 1 saturated heterocycles. The molecule has 1 aromatic rings. The molecule has 1 amide bonds. The Bertz CT molecular complexity index is 452. The number of nitrogens with zero attached hydrogens (tertiary/aromatic N) is 1. The number of carbonyl (C=O) groups excluding carboxylic acids is 1. The molecule has 2 rings (SSSR count). The third-order valence-corrected chi connectivity index (χ3v) is 3.00. The Hall–Kier alpha value is -1.04. The first kappa shape index (κ1) is 11.4. The Balaban J connectivity index is 2.42. The zero-order valence-electron chi connectivity index (χ0n) is 8.01. The lowest BCUT2D eigenvalue weighted by atomic mass is 10.2. The van der Waals surface area contributed by atoms with Gasteiger partial charge >= 0.3 is 0 Å². The molecule has 0 bridgehead atoms. The maximum Gasteiger partial charge on any atom is 0.228 e. The topological polar surface area (TPSA) is 20.3 Å². The van der Waals surface area contributed by atoms with Crippen LogP contribution in [0.25, 0.3) is 0 Å². The Labute approximate surface area is 98.2 Å². The summed E-state index contributed by atoms with van der Waals surface area (Å²) in [7, 11) is 0. The molecule has 0 N–H and O–H groups in total. The highest BCUT2D eigenvalue weighted by Crippen LogP contribution is 2.29. The molecule has 86 valence electrons. The van der Waals surface area contributed by atoms with Crippen LogP contribution in [0.15, 0.2) is 12.1 Å². The van der Waals surface area contributed by atoms with E-state index in [1.165, 1.54) is 0 Å². The minimum Gasteiger partial charge on any atom is -0.308 e. The molecule has 2 nitrogen and oxygen atoms in total. The lowest BCUT2D eigenvalue weighted by molar-refractivity contribution is -0.117. The fraction of sp³-hybridized carbons (Fsp3) is 0.300. The second-order valence-electron chi connectivity index (χ2n) is 3.50. The van der Waals surface area contributed by atoms with Crippen molar-refractivity contribution in [1.82, 2.24) is 0 Å². The van der Waals surface area contributed by atoms with E-state index in [9.17, 15) is 18.0 Å². The first-order valence-electron chi connectivity index (χ1n) is 4.58. The minimum atomic E-state index is -1.55. The molecule has 1 aromatic carbocycles. The Kier molecular flexibility index (Phi) is 2.92. The molecule has 1 heterocycles. The van der Waals surface area contributed by atoms with Crippen molar-refractivity contribution < 1.29 is 18.0 Å². The van der Waals surface area contributed by atoms with Crippen molar-refractivity contribution in [3.05, 3.63) is 29.6 Å². The van der Waals surface area contributed by atoms with Gasteiger partial charge in [-0.1, -0.05) is 15.9 Å². The summed E-state index contributed by atoms with van der Waals surface area (Å²) < 4.78 is 39.1. The number of hydrogen-bond acceptors (Lipinski definition) is 1. The van der Waals surface area contributed by atoms with Crippen LogP contribution in [-0.2, 0) is 4.79 Å². The fourth-order valence-corrected chi connectivity index (χ4v) is 2.19. The van der Waals surface area contributed by atoms with E-state index in [1.54, 1.807) is 0 Å². The monoisotopic (exact) mass is 293 g/mol. The molecule has 1 fully saturated rings. The van der Waals surface area contributed by atoms with Gasteiger partial charge in [-0.25, -0.2) is 13.2 Å². The number of benzene rings is 1. The van der Waals surface area contributed by atoms with Crippen molar-refractivity contribution >= 4 is 27.5 Å². The molecule has 1 unspecified atom stereocenters. The summed E-state index contributed by atoms with van der Waals surface area (Å²) in [5, 5.41) is 0. The normalized spacial score (nSPS) is 20.6. The van der Waals surface area contributed by atoms with E-state index in [0.29, 0.717) is 0 Å². The standard InChI is InChI=1S/C10H7BrF3NO/c11-5-3-8(16)15(4-5)7-2-1-6(12)9(13)10(7)14/h1-2,5H,3-4H2. The van der Waals surface area contributed by atoms with Crippen molar-refractivity contribution in [1.29, 1.82) is 0 Å². The van der Waals surface area contributed by atoms with E-state index in [-0.39, 0.29) is 29.4 Å². The largest absolute Gasteiger partial charge is 0.308 e. The highest BCUT2D eigenvalue weighted by Gasteiger charge is 2.31. The highest BCUT2D eigenvalue weighted by molar-refractivity contribution is 9.09. The molecule has 0 saturated carbocycles. The van der Waals surface area contributed by atoms with Crippen LogP contribution >= 0.6 is 15.9 Å². The number of hydrogen-bond donors (Lipinski definition) is 0. The second-order valence-corrected chi connectivity index (χ2v) is 4.80. The van der Waals surface area contributed by atoms with Gasteiger partial charge < -0.3 is 4.90 Å². The van der Waals surface area contributed by atoms with Gasteiger partial charge in [0, 0.05) is 17.8 Å². The van der Waals surface area contributed by atoms with Crippen molar-refractivity contribution in [2.45, 2.75) is 11.2 Å². The highest BCUT2D eigenvalue weighted by atomic mass is 79.9. The van der Waals surface area contributed by atoms with E-state index < -0.39 is 17.5 Å². The van der Waals surface area contributed by atoms with Gasteiger partial charge in [-0.15, -0.1) is 0 Å². The fourth-order valence-electron chi connectivity index (χ4n) is 1.62. The maximum atomic E-state index is 13.4. The molecular weight excluding hydrogens is 287 g/mol. The van der Waals surface area contributed by atoms with E-state index in [1.807, 2.05) is 0 Å². The zero-order valence-corrected chi connectivity index (χ0v) is 9.60. The number of alkyl halides is 1. The SMILES string of the molecule is O=C1CC(Br)CN1c1ccc(F)c(F)c1F. The Morgan fingerprint density at radius 2 is 1.94 bits per heavy atom. The Morgan fingerprint density at radius 3 is 2.50 bits per heavy atom. The second kappa shape index (κ2) is 4.08. The average molecular weight is 294 g/mol. The molecule has 0 spiro atoms. The van der Waals surface area contributed by atoms with Crippen LogP contribution in [0.3, 0.4) is 0 Å². The van der Waals surface area contributed by atoms with Gasteiger partial charge in [0.15, 0.2) is 17.5 Å². The van der Waals surface area contributed by atoms with Crippen molar-refractivity contribution in [2.24, 2.45) is 0 Å². The van der Waals surface area contributed by atoms with Crippen LogP contribution in [0.4, 0.5) is 18.9 Å². The van der Waals surface area contributed by atoms with Gasteiger partial charge in [0.1, 0.15) is 0 Å². The van der Waals surface area contributed by atoms with Crippen molar-refractivity contribution in [2.75, 3.05) is 11.4 Å². The molecule has 6 heteroatoms. The lowest BCUT2D eigenvalue weighted by Crippen LogP contribution is -2.26. The number of halogens is 4. The maximum absolute atomic E-state index is 13.4. The molecular formula is C10H7BrF3NO. The van der Waals surface area contributed by atoms with E-state index >= 15 is 0 Å². The van der Waals surface area contributed by atoms with Crippen molar-refractivity contribution in [3.8, 4) is 0 Å². The third kappa shape index (κ3) is 1.81. The van der Waals surface area contributed by atoms with Crippen LogP contribution in [0.2, 0.25) is 0 Å². The number of rotatable bonds is 1. The van der Waals surface area contributed by atoms with Gasteiger partial charge in [-0.3, -0.25) is 4.79 Å². The third-order valence-electron chi connectivity index (χ3n) is 2.38. The number of amides is 1. The lowest BCUT2D eigenvalue weighted by Gasteiger charge is -2.16. The molecule has 1 atom stereocenters. The van der Waals surface area contributed by atoms with Crippen LogP contribution < -0.4 is 4.90 Å². The molecule has 0 aliphatic carbocycles. The first-order valence-corrected chi connectivity index (χ1v) is 5.50. The Morgan fingerprint density at radius 1 is 1.25 bits per heavy atom. The summed E-state index contributed by atoms with van der Waals surface area (Å²) >= 11 is 3.22. The molecule has 1 aliphatic heterocycles. The first-order chi connectivity index (χ1) is 7.50. The molecule has 0 radical (unpaired) electrons. The van der Waals surface area contributed by atoms with Gasteiger partial charge in [-0.05, 0) is 12.1 Å². The predicted molar refractivity (Wildman–Crippen MR) is 56.0 cm³/mol. The number of anilines is 1. The van der Waals surface area contributed by atoms with Crippen LogP contribution in [0.1, 0.15) is 6.42 Å². The summed E-state index contributed by atoms with van der Waals surface area (Å²) in [6.45, 7) is 0.251. The summed E-state index contributed by atoms with van der Waals surface area (Å²) in [5.41, 5.74) is -0.217. The summed E-state index contributed by atoms with van der Waals surface area (Å²) in [6, 6.07) is 1.87. The predicted octanol–water partition coefficient (Wildman–Crippen LogP) is 2.60. The van der Waals surface area contributed by atoms with Crippen LogP contribution in [0.5, 0.6) is 0 Å². The molecule has 16 heavy (non-hydrogen) atoms. The summed E-state index contributed by atoms with van der Waals surface area (Å²) in [6.07, 6.45) is 0.221. The average Bonchev–Trinajstić information content (AvgIpc) is 2.55. The van der Waals surface area contributed by atoms with E-state index in [4.69, 9.17) is 0 Å². The summed E-state index contributed by atoms with van der Waals surface area (Å²) in [5.74, 6) is -4.45. The van der Waals surface area contributed by atoms with Crippen LogP contribution in [0, 0.1) is 17.5 Å². The van der Waals surface area contributed by atoms with Crippen molar-refractivity contribution in [3.63, 3.8) is 0 Å². The van der Waals surface area contributed by atoms with Gasteiger partial charge in [-0.2, -0.15) is 0 Å². The molecule has 0 aromatic heterocycles. The quantitative estimate of drug-likeness (QED) is 0.576. The van der Waals surface area contributed by atoms with Gasteiger partial charge in [0.05, 0.1) is 5.69 Å². The van der Waals surface area contributed by atoms with E-state index in [2.05, 4.69) is 15.9 Å². The van der Waals surface area contributed by atoms with Gasteiger partial charge in [0.25, 0.3) is 0 Å². The smallest absolute Gasteiger partial charge is 0.228 e. The van der Waals surface area contributed by atoms with Crippen LogP contribution in [-0.4, -0.2) is 17.3 Å². The molecule has 1 aliphatic rings. The number of carbonyl (C=O) groups is 1. The van der Waals surface area contributed by atoms with Gasteiger partial charge in [0.2, 0.25) is 5.91 Å². The minimum absolute atomic E-state index is 0.0903. The zero-order chi connectivity index (χ0) is 11.9.